The fourth-order valence-electron chi connectivity index (χ4n) is 4.86. The number of nitrogen functional groups attached to an aromatic ring is 1. The maximum atomic E-state index is 6.45. The van der Waals surface area contributed by atoms with Crippen LogP contribution < -0.4 is 11.1 Å². The second-order valence-corrected chi connectivity index (χ2v) is 10.7. The first-order valence-corrected chi connectivity index (χ1v) is 14.1. The summed E-state index contributed by atoms with van der Waals surface area (Å²) in [5, 5.41) is 3.41. The number of H-pyrrole nitrogens is 1. The Labute approximate surface area is 248 Å². The standard InChI is InChI=1S/C33H46N6.C2H2/c1-9-12-31(39-17-15-38(8)16-18-39)33-25(7)36-32(37-33)22-28-20-27(13-14-30(28)34)26(10-2)21-29(11-3)35-24(6)19-23(4)5;1-2/h9-14,20-21,23,35H,1,3,6,15-19,22,34H2,2,4-5,7-8H3,(H,36,37);1-2H/b26-10+,29-21+,31-12+;. The summed E-state index contributed by atoms with van der Waals surface area (Å²) in [4.78, 5) is 13.3. The zero-order valence-corrected chi connectivity index (χ0v) is 25.6. The van der Waals surface area contributed by atoms with E-state index in [-0.39, 0.29) is 0 Å². The molecule has 4 N–H and O–H groups in total. The maximum absolute atomic E-state index is 6.45. The summed E-state index contributed by atoms with van der Waals surface area (Å²) in [6.45, 7) is 24.6. The molecule has 41 heavy (non-hydrogen) atoms. The number of anilines is 1. The van der Waals surface area contributed by atoms with Gasteiger partial charge < -0.3 is 25.8 Å². The van der Waals surface area contributed by atoms with Crippen LogP contribution in [0.15, 0.2) is 79.7 Å². The van der Waals surface area contributed by atoms with Crippen LogP contribution in [0.3, 0.4) is 0 Å². The molecule has 3 rings (SSSR count). The van der Waals surface area contributed by atoms with Gasteiger partial charge in [-0.1, -0.05) is 51.8 Å². The van der Waals surface area contributed by atoms with Gasteiger partial charge in [-0.25, -0.2) is 4.98 Å². The van der Waals surface area contributed by atoms with Gasteiger partial charge in [-0.05, 0) is 80.3 Å². The molecular weight excluding hydrogens is 504 g/mol. The van der Waals surface area contributed by atoms with Gasteiger partial charge in [0.25, 0.3) is 0 Å². The van der Waals surface area contributed by atoms with Crippen LogP contribution in [0, 0.1) is 25.7 Å². The summed E-state index contributed by atoms with van der Waals surface area (Å²) in [6, 6.07) is 6.19. The molecule has 1 aromatic carbocycles. The molecule has 0 unspecified atom stereocenters. The van der Waals surface area contributed by atoms with Crippen LogP contribution in [0.2, 0.25) is 0 Å². The van der Waals surface area contributed by atoms with Crippen LogP contribution in [-0.4, -0.2) is 53.0 Å². The number of piperazine rings is 1. The number of hydrogen-bond acceptors (Lipinski definition) is 5. The molecule has 2 heterocycles. The summed E-state index contributed by atoms with van der Waals surface area (Å²) in [6.07, 6.45) is 19.5. The Bertz CT molecular complexity index is 1310. The Kier molecular flexibility index (Phi) is 13.0. The third-order valence-electron chi connectivity index (χ3n) is 6.95. The van der Waals surface area contributed by atoms with Gasteiger partial charge in [0.05, 0.1) is 5.70 Å². The Morgan fingerprint density at radius 2 is 1.88 bits per heavy atom. The largest absolute Gasteiger partial charge is 0.398 e. The molecule has 0 radical (unpaired) electrons. The number of rotatable bonds is 12. The number of terminal acetylenes is 1. The second kappa shape index (κ2) is 16.2. The first-order valence-electron chi connectivity index (χ1n) is 14.1. The molecule has 1 aliphatic heterocycles. The lowest BCUT2D eigenvalue weighted by Gasteiger charge is -2.35. The van der Waals surface area contributed by atoms with Crippen LogP contribution >= 0.6 is 0 Å². The quantitative estimate of drug-likeness (QED) is 0.158. The van der Waals surface area contributed by atoms with Crippen molar-refractivity contribution in [2.75, 3.05) is 39.0 Å². The van der Waals surface area contributed by atoms with Gasteiger partial charge in [0.15, 0.2) is 0 Å². The van der Waals surface area contributed by atoms with Crippen molar-refractivity contribution in [3.05, 3.63) is 108 Å². The van der Waals surface area contributed by atoms with Gasteiger partial charge in [-0.2, -0.15) is 0 Å². The molecule has 2 aromatic rings. The average molecular weight is 553 g/mol. The van der Waals surface area contributed by atoms with Crippen molar-refractivity contribution in [1.29, 1.82) is 0 Å². The summed E-state index contributed by atoms with van der Waals surface area (Å²) < 4.78 is 0. The minimum Gasteiger partial charge on any atom is -0.398 e. The van der Waals surface area contributed by atoms with Crippen LogP contribution in [-0.2, 0) is 6.42 Å². The molecule has 1 saturated heterocycles. The van der Waals surface area contributed by atoms with E-state index in [4.69, 9.17) is 10.7 Å². The molecule has 1 aliphatic rings. The predicted molar refractivity (Wildman–Crippen MR) is 178 cm³/mol. The monoisotopic (exact) mass is 552 g/mol. The molecule has 1 aromatic heterocycles. The molecule has 0 spiro atoms. The van der Waals surface area contributed by atoms with Crippen LogP contribution in [0.4, 0.5) is 5.69 Å². The highest BCUT2D eigenvalue weighted by molar-refractivity contribution is 5.76. The minimum absolute atomic E-state index is 0.535. The number of benzene rings is 1. The van der Waals surface area contributed by atoms with Crippen molar-refractivity contribution < 1.29 is 0 Å². The Hall–Kier alpha value is -4.21. The van der Waals surface area contributed by atoms with Crippen molar-refractivity contribution >= 4 is 17.0 Å². The lowest BCUT2D eigenvalue weighted by atomic mass is 9.99. The predicted octanol–water partition coefficient (Wildman–Crippen LogP) is 6.54. The zero-order chi connectivity index (χ0) is 30.5. The van der Waals surface area contributed by atoms with E-state index in [2.05, 4.69) is 111 Å². The fraction of sp³-hybridized carbons (Fsp3) is 0.343. The van der Waals surface area contributed by atoms with Crippen LogP contribution in [0.1, 0.15) is 55.5 Å². The zero-order valence-electron chi connectivity index (χ0n) is 25.6. The second-order valence-electron chi connectivity index (χ2n) is 10.7. The molecule has 6 heteroatoms. The third kappa shape index (κ3) is 9.44. The fourth-order valence-corrected chi connectivity index (χ4v) is 4.86. The number of aromatic nitrogens is 2. The molecule has 0 amide bonds. The van der Waals surface area contributed by atoms with Gasteiger partial charge in [0.2, 0.25) is 0 Å². The highest BCUT2D eigenvalue weighted by Crippen LogP contribution is 2.27. The molecule has 0 saturated carbocycles. The van der Waals surface area contributed by atoms with Crippen molar-refractivity contribution in [2.45, 2.75) is 40.5 Å². The summed E-state index contributed by atoms with van der Waals surface area (Å²) >= 11 is 0. The number of nitrogens with zero attached hydrogens (tertiary/aromatic N) is 3. The lowest BCUT2D eigenvalue weighted by molar-refractivity contribution is 0.207. The minimum atomic E-state index is 0.535. The number of allylic oxidation sites excluding steroid dienone is 7. The lowest BCUT2D eigenvalue weighted by Crippen LogP contribution is -2.43. The number of hydrogen-bond donors (Lipinski definition) is 3. The van der Waals surface area contributed by atoms with Gasteiger partial charge in [-0.3, -0.25) is 0 Å². The summed E-state index contributed by atoms with van der Waals surface area (Å²) in [7, 11) is 2.16. The molecule has 218 valence electrons. The normalized spacial score (nSPS) is 14.8. The number of imidazole rings is 1. The molecule has 0 bridgehead atoms. The summed E-state index contributed by atoms with van der Waals surface area (Å²) in [5.74, 6) is 1.43. The molecule has 1 fully saturated rings. The van der Waals surface area contributed by atoms with E-state index >= 15 is 0 Å². The molecule has 6 nitrogen and oxygen atoms in total. The van der Waals surface area contributed by atoms with E-state index < -0.39 is 0 Å². The number of nitrogens with two attached hydrogens (primary N) is 1. The van der Waals surface area contributed by atoms with Crippen LogP contribution in [0.25, 0.3) is 11.3 Å². The molecule has 0 aliphatic carbocycles. The smallest absolute Gasteiger partial charge is 0.111 e. The SMILES string of the molecule is C#C.C=C/C=C(\c1nc(Cc2cc(C(/C=C(\C=C)NC(=C)CC(C)C)=C/C)ccc2N)[nH]c1C)N1CCN(C)CC1. The summed E-state index contributed by atoms with van der Waals surface area (Å²) in [5.41, 5.74) is 15.4. The Morgan fingerprint density at radius 3 is 2.46 bits per heavy atom. The number of aryl methyl sites for hydroxylation is 1. The third-order valence-corrected chi connectivity index (χ3v) is 6.95. The van der Waals surface area contributed by atoms with E-state index in [9.17, 15) is 0 Å². The first-order chi connectivity index (χ1) is 19.6. The van der Waals surface area contributed by atoms with Crippen molar-refractivity contribution in [2.24, 2.45) is 5.92 Å². The number of nitrogens with one attached hydrogen (secondary N) is 2. The van der Waals surface area contributed by atoms with Crippen molar-refractivity contribution in [1.82, 2.24) is 25.1 Å². The number of likely N-dealkylation sites (N-methyl/N-ethyl adjacent to an activating group) is 1. The highest BCUT2D eigenvalue weighted by Gasteiger charge is 2.21. The van der Waals surface area contributed by atoms with Gasteiger partial charge >= 0.3 is 0 Å². The maximum Gasteiger partial charge on any atom is 0.111 e. The van der Waals surface area contributed by atoms with Crippen molar-refractivity contribution in [3.8, 4) is 12.8 Å². The topological polar surface area (TPSA) is 73.2 Å². The van der Waals surface area contributed by atoms with Gasteiger partial charge in [0, 0.05) is 55.4 Å². The van der Waals surface area contributed by atoms with Gasteiger partial charge in [-0.15, -0.1) is 12.8 Å². The molecule has 0 atom stereocenters. The van der Waals surface area contributed by atoms with Gasteiger partial charge in [0.1, 0.15) is 11.5 Å². The Morgan fingerprint density at radius 1 is 1.20 bits per heavy atom. The number of aromatic amines is 1. The van der Waals surface area contributed by atoms with E-state index in [1.54, 1.807) is 0 Å². The van der Waals surface area contributed by atoms with E-state index in [0.717, 1.165) is 89.3 Å². The average Bonchev–Trinajstić information content (AvgIpc) is 3.31. The first kappa shape index (κ1) is 33.0. The van der Waals surface area contributed by atoms with E-state index in [0.29, 0.717) is 12.3 Å². The van der Waals surface area contributed by atoms with E-state index in [1.807, 2.05) is 25.1 Å². The molecular formula is C35H48N6. The van der Waals surface area contributed by atoms with E-state index in [1.165, 1.54) is 0 Å². The van der Waals surface area contributed by atoms with Crippen LogP contribution in [0.5, 0.6) is 0 Å². The Balaban J connectivity index is 0.00000287. The van der Waals surface area contributed by atoms with Crippen molar-refractivity contribution in [3.63, 3.8) is 0 Å². The highest BCUT2D eigenvalue weighted by atomic mass is 15.3.